The molecule has 0 unspecified atom stereocenters. The Balaban J connectivity index is 1.34. The SMILES string of the molecule is COc1ccc(CCCCOOC(=O)C=Cc2cccc(CSc3ccccc3C)n2)cc1. The summed E-state index contributed by atoms with van der Waals surface area (Å²) < 4.78 is 5.16. The topological polar surface area (TPSA) is 57.7 Å². The normalized spacial score (nSPS) is 11.0. The Morgan fingerprint density at radius 2 is 1.82 bits per heavy atom. The second kappa shape index (κ2) is 13.5. The van der Waals surface area contributed by atoms with Gasteiger partial charge in [-0.3, -0.25) is 9.87 Å². The van der Waals surface area contributed by atoms with Gasteiger partial charge in [0.05, 0.1) is 25.1 Å². The Bertz CT molecular complexity index is 1050. The Morgan fingerprint density at radius 3 is 2.61 bits per heavy atom. The second-order valence-electron chi connectivity index (χ2n) is 7.47. The van der Waals surface area contributed by atoms with Crippen LogP contribution in [0.5, 0.6) is 5.75 Å². The van der Waals surface area contributed by atoms with Gasteiger partial charge < -0.3 is 4.74 Å². The number of hydrogen-bond acceptors (Lipinski definition) is 6. The molecule has 0 radical (unpaired) electrons. The van der Waals surface area contributed by atoms with Crippen molar-refractivity contribution in [1.29, 1.82) is 0 Å². The number of aryl methyl sites for hydroxylation is 2. The number of ether oxygens (including phenoxy) is 1. The number of carbonyl (C=O) groups excluding carboxylic acids is 1. The molecule has 0 atom stereocenters. The zero-order valence-corrected chi connectivity index (χ0v) is 19.8. The van der Waals surface area contributed by atoms with Gasteiger partial charge in [-0.05, 0) is 73.7 Å². The number of nitrogens with zero attached hydrogens (tertiary/aromatic N) is 1. The van der Waals surface area contributed by atoms with Gasteiger partial charge in [-0.2, -0.15) is 4.89 Å². The van der Waals surface area contributed by atoms with E-state index in [1.54, 1.807) is 24.9 Å². The maximum absolute atomic E-state index is 11.9. The molecule has 3 aromatic rings. The highest BCUT2D eigenvalue weighted by Crippen LogP contribution is 2.25. The molecule has 3 rings (SSSR count). The molecule has 0 spiro atoms. The molecule has 6 heteroatoms. The fraction of sp³-hybridized carbons (Fsp3) is 0.259. The summed E-state index contributed by atoms with van der Waals surface area (Å²) in [6.45, 7) is 2.46. The van der Waals surface area contributed by atoms with Gasteiger partial charge in [0.15, 0.2) is 0 Å². The van der Waals surface area contributed by atoms with E-state index in [4.69, 9.17) is 14.5 Å². The summed E-state index contributed by atoms with van der Waals surface area (Å²) in [7, 11) is 1.66. The van der Waals surface area contributed by atoms with Crippen LogP contribution in [0.4, 0.5) is 0 Å². The van der Waals surface area contributed by atoms with E-state index in [2.05, 4.69) is 36.2 Å². The molecule has 0 aliphatic rings. The molecule has 0 aliphatic carbocycles. The standard InChI is InChI=1S/C27H29NO4S/c1-21-8-3-4-12-26(21)33-20-24-11-7-10-23(28-24)15-18-27(29)32-31-19-6-5-9-22-13-16-25(30-2)17-14-22/h3-4,7-8,10-18H,5-6,9,19-20H2,1-2H3. The van der Waals surface area contributed by atoms with Crippen LogP contribution in [0.15, 0.2) is 77.7 Å². The molecule has 33 heavy (non-hydrogen) atoms. The number of aromatic nitrogens is 1. The maximum atomic E-state index is 11.9. The predicted octanol–water partition coefficient (Wildman–Crippen LogP) is 6.20. The van der Waals surface area contributed by atoms with Gasteiger partial charge in [-0.15, -0.1) is 11.8 Å². The number of rotatable bonds is 12. The second-order valence-corrected chi connectivity index (χ2v) is 8.49. The Labute approximate surface area is 199 Å². The molecular weight excluding hydrogens is 434 g/mol. The Hall–Kier alpha value is -3.09. The highest BCUT2D eigenvalue weighted by molar-refractivity contribution is 7.98. The third-order valence-corrected chi connectivity index (χ3v) is 6.14. The molecule has 0 saturated carbocycles. The van der Waals surface area contributed by atoms with Crippen molar-refractivity contribution < 1.29 is 19.3 Å². The fourth-order valence-corrected chi connectivity index (χ4v) is 4.04. The third-order valence-electron chi connectivity index (χ3n) is 4.93. The summed E-state index contributed by atoms with van der Waals surface area (Å²) in [6.07, 6.45) is 5.64. The van der Waals surface area contributed by atoms with Crippen LogP contribution in [0.1, 0.15) is 35.4 Å². The predicted molar refractivity (Wildman–Crippen MR) is 132 cm³/mol. The summed E-state index contributed by atoms with van der Waals surface area (Å²) in [5.74, 6) is 1.06. The minimum Gasteiger partial charge on any atom is -0.497 e. The van der Waals surface area contributed by atoms with Gasteiger partial charge in [0.1, 0.15) is 5.75 Å². The van der Waals surface area contributed by atoms with Crippen LogP contribution in [0, 0.1) is 6.92 Å². The van der Waals surface area contributed by atoms with E-state index in [9.17, 15) is 4.79 Å². The van der Waals surface area contributed by atoms with Crippen LogP contribution in [-0.2, 0) is 26.7 Å². The van der Waals surface area contributed by atoms with E-state index >= 15 is 0 Å². The zero-order valence-electron chi connectivity index (χ0n) is 19.0. The summed E-state index contributed by atoms with van der Waals surface area (Å²) in [4.78, 5) is 27.6. The van der Waals surface area contributed by atoms with Crippen molar-refractivity contribution in [1.82, 2.24) is 4.98 Å². The van der Waals surface area contributed by atoms with Crippen LogP contribution in [0.3, 0.4) is 0 Å². The van der Waals surface area contributed by atoms with Crippen molar-refractivity contribution in [3.63, 3.8) is 0 Å². The van der Waals surface area contributed by atoms with Gasteiger partial charge in [-0.25, -0.2) is 4.79 Å². The van der Waals surface area contributed by atoms with E-state index < -0.39 is 5.97 Å². The zero-order chi connectivity index (χ0) is 23.3. The largest absolute Gasteiger partial charge is 0.497 e. The first-order chi connectivity index (χ1) is 16.1. The lowest BCUT2D eigenvalue weighted by atomic mass is 10.1. The third kappa shape index (κ3) is 8.75. The average Bonchev–Trinajstić information content (AvgIpc) is 2.85. The number of carbonyl (C=O) groups is 1. The smallest absolute Gasteiger partial charge is 0.366 e. The molecule has 2 aromatic carbocycles. The monoisotopic (exact) mass is 463 g/mol. The summed E-state index contributed by atoms with van der Waals surface area (Å²) in [6, 6.07) is 22.1. The van der Waals surface area contributed by atoms with Gasteiger partial charge >= 0.3 is 5.97 Å². The van der Waals surface area contributed by atoms with Crippen LogP contribution < -0.4 is 4.74 Å². The lowest BCUT2D eigenvalue weighted by molar-refractivity contribution is -0.267. The summed E-state index contributed by atoms with van der Waals surface area (Å²) >= 11 is 1.75. The highest BCUT2D eigenvalue weighted by Gasteiger charge is 2.03. The molecule has 172 valence electrons. The molecular formula is C27H29NO4S. The highest BCUT2D eigenvalue weighted by atomic mass is 32.2. The number of hydrogen-bond donors (Lipinski definition) is 0. The first-order valence-corrected chi connectivity index (χ1v) is 11.9. The van der Waals surface area contributed by atoms with Crippen molar-refractivity contribution in [2.24, 2.45) is 0 Å². The van der Waals surface area contributed by atoms with Crippen LogP contribution in [0.25, 0.3) is 6.08 Å². The first-order valence-electron chi connectivity index (χ1n) is 10.9. The van der Waals surface area contributed by atoms with Gasteiger partial charge in [0.2, 0.25) is 0 Å². The van der Waals surface area contributed by atoms with Crippen molar-refractivity contribution in [3.05, 3.63) is 95.3 Å². The summed E-state index contributed by atoms with van der Waals surface area (Å²) in [5.41, 5.74) is 4.14. The molecule has 0 saturated heterocycles. The number of pyridine rings is 1. The molecule has 5 nitrogen and oxygen atoms in total. The van der Waals surface area contributed by atoms with Gasteiger partial charge in [-0.1, -0.05) is 36.4 Å². The van der Waals surface area contributed by atoms with Crippen LogP contribution >= 0.6 is 11.8 Å². The summed E-state index contributed by atoms with van der Waals surface area (Å²) in [5, 5.41) is 0. The van der Waals surface area contributed by atoms with Gasteiger partial charge in [0, 0.05) is 16.7 Å². The van der Waals surface area contributed by atoms with Crippen LogP contribution in [-0.4, -0.2) is 24.7 Å². The van der Waals surface area contributed by atoms with E-state index in [1.165, 1.54) is 22.1 Å². The molecule has 0 aliphatic heterocycles. The molecule has 0 fully saturated rings. The molecule has 0 N–H and O–H groups in total. The van der Waals surface area contributed by atoms with Gasteiger partial charge in [0.25, 0.3) is 0 Å². The van der Waals surface area contributed by atoms with Crippen molar-refractivity contribution in [3.8, 4) is 5.75 Å². The van der Waals surface area contributed by atoms with Crippen molar-refractivity contribution in [2.45, 2.75) is 36.8 Å². The van der Waals surface area contributed by atoms with Crippen molar-refractivity contribution >= 4 is 23.8 Å². The average molecular weight is 464 g/mol. The number of thioether (sulfide) groups is 1. The van der Waals surface area contributed by atoms with E-state index in [0.717, 1.165) is 36.5 Å². The minimum absolute atomic E-state index is 0.361. The quantitative estimate of drug-likeness (QED) is 0.105. The lowest BCUT2D eigenvalue weighted by Gasteiger charge is -2.05. The number of methoxy groups -OCH3 is 1. The van der Waals surface area contributed by atoms with Crippen LogP contribution in [0.2, 0.25) is 0 Å². The molecule has 1 aromatic heterocycles. The Kier molecular flexibility index (Phi) is 10.0. The maximum Gasteiger partial charge on any atom is 0.366 e. The van der Waals surface area contributed by atoms with E-state index in [0.29, 0.717) is 12.3 Å². The Morgan fingerprint density at radius 1 is 1.00 bits per heavy atom. The van der Waals surface area contributed by atoms with E-state index in [-0.39, 0.29) is 0 Å². The first kappa shape index (κ1) is 24.6. The molecule has 0 amide bonds. The molecule has 1 heterocycles. The fourth-order valence-electron chi connectivity index (χ4n) is 3.10. The lowest BCUT2D eigenvalue weighted by Crippen LogP contribution is -2.03. The van der Waals surface area contributed by atoms with Crippen molar-refractivity contribution in [2.75, 3.05) is 13.7 Å². The van der Waals surface area contributed by atoms with E-state index in [1.807, 2.05) is 42.5 Å². The molecule has 0 bridgehead atoms. The number of unbranched alkanes of at least 4 members (excludes halogenated alkanes) is 1. The minimum atomic E-state index is -0.549. The number of benzene rings is 2.